The van der Waals surface area contributed by atoms with E-state index in [4.69, 9.17) is 5.73 Å². The largest absolute Gasteiger partial charge is 0.354 e. The third-order valence-corrected chi connectivity index (χ3v) is 3.45. The van der Waals surface area contributed by atoms with Crippen LogP contribution in [-0.4, -0.2) is 68.6 Å². The first kappa shape index (κ1) is 14.4. The first-order valence-corrected chi connectivity index (χ1v) is 6.38. The number of hydrogen-bond acceptors (Lipinski definition) is 4. The molecule has 17 heavy (non-hydrogen) atoms. The minimum atomic E-state index is 0.115. The molecule has 1 amide bonds. The van der Waals surface area contributed by atoms with E-state index in [0.29, 0.717) is 19.0 Å². The molecule has 0 aliphatic carbocycles. The molecule has 1 aliphatic heterocycles. The SMILES string of the molecule is CC(CN)CC(=O)NCC1CN(C)CCN1C. The van der Waals surface area contributed by atoms with E-state index in [9.17, 15) is 4.79 Å². The lowest BCUT2D eigenvalue weighted by Gasteiger charge is -2.37. The van der Waals surface area contributed by atoms with Crippen LogP contribution >= 0.6 is 0 Å². The van der Waals surface area contributed by atoms with Gasteiger partial charge in [0.1, 0.15) is 0 Å². The molecule has 1 heterocycles. The maximum absolute atomic E-state index is 11.6. The Hall–Kier alpha value is -0.650. The molecule has 0 spiro atoms. The Bertz CT molecular complexity index is 247. The average molecular weight is 242 g/mol. The minimum Gasteiger partial charge on any atom is -0.354 e. The second kappa shape index (κ2) is 6.93. The number of amides is 1. The lowest BCUT2D eigenvalue weighted by molar-refractivity contribution is -0.122. The van der Waals surface area contributed by atoms with Gasteiger partial charge in [-0.25, -0.2) is 0 Å². The molecule has 2 atom stereocenters. The molecule has 1 saturated heterocycles. The fraction of sp³-hybridized carbons (Fsp3) is 0.917. The molecule has 0 aromatic rings. The van der Waals surface area contributed by atoms with Gasteiger partial charge >= 0.3 is 0 Å². The summed E-state index contributed by atoms with van der Waals surface area (Å²) in [6, 6.07) is 0.422. The van der Waals surface area contributed by atoms with Crippen molar-refractivity contribution in [2.75, 3.05) is 46.8 Å². The van der Waals surface area contributed by atoms with E-state index < -0.39 is 0 Å². The van der Waals surface area contributed by atoms with Crippen molar-refractivity contribution in [3.8, 4) is 0 Å². The molecule has 0 radical (unpaired) electrons. The summed E-state index contributed by atoms with van der Waals surface area (Å²) in [5, 5.41) is 3.01. The van der Waals surface area contributed by atoms with Gasteiger partial charge in [0, 0.05) is 38.6 Å². The summed E-state index contributed by atoms with van der Waals surface area (Å²) < 4.78 is 0. The van der Waals surface area contributed by atoms with Crippen LogP contribution in [0.4, 0.5) is 0 Å². The van der Waals surface area contributed by atoms with E-state index in [1.807, 2.05) is 6.92 Å². The number of carbonyl (C=O) groups is 1. The van der Waals surface area contributed by atoms with Crippen LogP contribution in [0, 0.1) is 5.92 Å². The van der Waals surface area contributed by atoms with Crippen LogP contribution in [0.3, 0.4) is 0 Å². The molecule has 0 aromatic heterocycles. The minimum absolute atomic E-state index is 0.115. The van der Waals surface area contributed by atoms with Gasteiger partial charge < -0.3 is 16.0 Å². The van der Waals surface area contributed by atoms with Gasteiger partial charge in [-0.1, -0.05) is 6.92 Å². The fourth-order valence-electron chi connectivity index (χ4n) is 2.03. The number of piperazine rings is 1. The van der Waals surface area contributed by atoms with Gasteiger partial charge in [-0.05, 0) is 26.6 Å². The maximum Gasteiger partial charge on any atom is 0.220 e. The molecule has 5 nitrogen and oxygen atoms in total. The Labute approximate surface area is 104 Å². The van der Waals surface area contributed by atoms with Crippen LogP contribution in [-0.2, 0) is 4.79 Å². The number of likely N-dealkylation sites (N-methyl/N-ethyl adjacent to an activating group) is 2. The zero-order chi connectivity index (χ0) is 12.8. The topological polar surface area (TPSA) is 61.6 Å². The molecule has 100 valence electrons. The third kappa shape index (κ3) is 5.02. The summed E-state index contributed by atoms with van der Waals surface area (Å²) in [7, 11) is 4.24. The van der Waals surface area contributed by atoms with Crippen LogP contribution in [0.15, 0.2) is 0 Å². The van der Waals surface area contributed by atoms with E-state index >= 15 is 0 Å². The molecule has 0 bridgehead atoms. The summed E-state index contributed by atoms with van der Waals surface area (Å²) in [4.78, 5) is 16.3. The molecule has 0 aromatic carbocycles. The number of nitrogens with zero attached hydrogens (tertiary/aromatic N) is 2. The first-order valence-electron chi connectivity index (χ1n) is 6.38. The molecule has 1 fully saturated rings. The van der Waals surface area contributed by atoms with Crippen molar-refractivity contribution in [1.29, 1.82) is 0 Å². The molecule has 2 unspecified atom stereocenters. The van der Waals surface area contributed by atoms with Crippen molar-refractivity contribution in [2.24, 2.45) is 11.7 Å². The van der Waals surface area contributed by atoms with E-state index in [2.05, 4.69) is 29.2 Å². The lowest BCUT2D eigenvalue weighted by atomic mass is 10.1. The highest BCUT2D eigenvalue weighted by molar-refractivity contribution is 5.76. The van der Waals surface area contributed by atoms with E-state index in [1.54, 1.807) is 0 Å². The normalized spacial score (nSPS) is 24.6. The van der Waals surface area contributed by atoms with Gasteiger partial charge in [-0.3, -0.25) is 9.69 Å². The van der Waals surface area contributed by atoms with E-state index in [0.717, 1.165) is 26.2 Å². The van der Waals surface area contributed by atoms with Crippen molar-refractivity contribution < 1.29 is 4.79 Å². The van der Waals surface area contributed by atoms with Crippen molar-refractivity contribution in [1.82, 2.24) is 15.1 Å². The Kier molecular flexibility index (Phi) is 5.88. The molecule has 0 saturated carbocycles. The summed E-state index contributed by atoms with van der Waals surface area (Å²) in [5.41, 5.74) is 5.50. The summed E-state index contributed by atoms with van der Waals surface area (Å²) in [5.74, 6) is 0.381. The van der Waals surface area contributed by atoms with Gasteiger partial charge in [0.2, 0.25) is 5.91 Å². The van der Waals surface area contributed by atoms with Crippen molar-refractivity contribution >= 4 is 5.91 Å². The zero-order valence-electron chi connectivity index (χ0n) is 11.3. The number of hydrogen-bond donors (Lipinski definition) is 2. The van der Waals surface area contributed by atoms with Gasteiger partial charge in [0.05, 0.1) is 0 Å². The predicted octanol–water partition coefficient (Wildman–Crippen LogP) is -0.667. The van der Waals surface area contributed by atoms with Gasteiger partial charge in [0.15, 0.2) is 0 Å². The second-order valence-electron chi connectivity index (χ2n) is 5.25. The molecule has 1 aliphatic rings. The zero-order valence-corrected chi connectivity index (χ0v) is 11.3. The number of nitrogens with two attached hydrogens (primary N) is 1. The Balaban J connectivity index is 2.26. The monoisotopic (exact) mass is 242 g/mol. The van der Waals surface area contributed by atoms with E-state index in [-0.39, 0.29) is 11.8 Å². The van der Waals surface area contributed by atoms with Crippen molar-refractivity contribution in [2.45, 2.75) is 19.4 Å². The first-order chi connectivity index (χ1) is 8.02. The van der Waals surface area contributed by atoms with Gasteiger partial charge in [-0.15, -0.1) is 0 Å². The van der Waals surface area contributed by atoms with Gasteiger partial charge in [0.25, 0.3) is 0 Å². The molecule has 1 rings (SSSR count). The summed E-state index contributed by atoms with van der Waals surface area (Å²) >= 11 is 0. The third-order valence-electron chi connectivity index (χ3n) is 3.45. The number of carbonyl (C=O) groups excluding carboxylic acids is 1. The highest BCUT2D eigenvalue weighted by atomic mass is 16.1. The van der Waals surface area contributed by atoms with Crippen LogP contribution in [0.5, 0.6) is 0 Å². The number of nitrogens with one attached hydrogen (secondary N) is 1. The maximum atomic E-state index is 11.6. The highest BCUT2D eigenvalue weighted by Gasteiger charge is 2.22. The molecular weight excluding hydrogens is 216 g/mol. The van der Waals surface area contributed by atoms with Crippen LogP contribution in [0.25, 0.3) is 0 Å². The summed E-state index contributed by atoms with van der Waals surface area (Å²) in [6.07, 6.45) is 0.531. The van der Waals surface area contributed by atoms with Crippen LogP contribution in [0.1, 0.15) is 13.3 Å². The Morgan fingerprint density at radius 1 is 1.47 bits per heavy atom. The Morgan fingerprint density at radius 3 is 2.82 bits per heavy atom. The number of rotatable bonds is 5. The highest BCUT2D eigenvalue weighted by Crippen LogP contribution is 2.05. The molecular formula is C12H26N4O. The fourth-order valence-corrected chi connectivity index (χ4v) is 2.03. The Morgan fingerprint density at radius 2 is 2.18 bits per heavy atom. The van der Waals surface area contributed by atoms with Crippen molar-refractivity contribution in [3.05, 3.63) is 0 Å². The second-order valence-corrected chi connectivity index (χ2v) is 5.25. The van der Waals surface area contributed by atoms with Gasteiger partial charge in [-0.2, -0.15) is 0 Å². The smallest absolute Gasteiger partial charge is 0.220 e. The quantitative estimate of drug-likeness (QED) is 0.671. The van der Waals surface area contributed by atoms with Crippen LogP contribution in [0.2, 0.25) is 0 Å². The molecule has 3 N–H and O–H groups in total. The molecule has 5 heteroatoms. The van der Waals surface area contributed by atoms with Crippen molar-refractivity contribution in [3.63, 3.8) is 0 Å². The summed E-state index contributed by atoms with van der Waals surface area (Å²) in [6.45, 7) is 6.49. The predicted molar refractivity (Wildman–Crippen MR) is 69.8 cm³/mol. The average Bonchev–Trinajstić information content (AvgIpc) is 2.30. The standard InChI is InChI=1S/C12H26N4O/c1-10(7-13)6-12(17)14-8-11-9-15(2)4-5-16(11)3/h10-11H,4-9,13H2,1-3H3,(H,14,17). The van der Waals surface area contributed by atoms with Crippen LogP contribution < -0.4 is 11.1 Å². The lowest BCUT2D eigenvalue weighted by Crippen LogP contribution is -2.54. The van der Waals surface area contributed by atoms with E-state index in [1.165, 1.54) is 0 Å².